The van der Waals surface area contributed by atoms with Crippen LogP contribution in [0.1, 0.15) is 46.5 Å². The first-order valence-electron chi connectivity index (χ1n) is 7.22. The summed E-state index contributed by atoms with van der Waals surface area (Å²) < 4.78 is 0. The highest BCUT2D eigenvalue weighted by molar-refractivity contribution is 7.98. The minimum Gasteiger partial charge on any atom is -0.352 e. The van der Waals surface area contributed by atoms with Gasteiger partial charge in [0.1, 0.15) is 6.04 Å². The van der Waals surface area contributed by atoms with E-state index in [4.69, 9.17) is 5.73 Å². The Kier molecular flexibility index (Phi) is 10.3. The summed E-state index contributed by atoms with van der Waals surface area (Å²) in [5.41, 5.74) is 5.11. The quantitative estimate of drug-likeness (QED) is 0.578. The molecule has 4 N–H and O–H groups in total. The highest BCUT2D eigenvalue weighted by Crippen LogP contribution is 2.09. The van der Waals surface area contributed by atoms with Crippen LogP contribution in [-0.4, -0.2) is 36.0 Å². The maximum atomic E-state index is 12.1. The Morgan fingerprint density at radius 2 is 1.75 bits per heavy atom. The fraction of sp³-hybridized carbons (Fsp3) is 0.857. The largest absolute Gasteiger partial charge is 0.352 e. The van der Waals surface area contributed by atoms with Crippen LogP contribution < -0.4 is 16.4 Å². The van der Waals surface area contributed by atoms with Gasteiger partial charge in [-0.15, -0.1) is 0 Å². The van der Waals surface area contributed by atoms with E-state index in [1.165, 1.54) is 0 Å². The smallest absolute Gasteiger partial charge is 0.312 e. The maximum absolute atomic E-state index is 12.1. The van der Waals surface area contributed by atoms with Crippen LogP contribution in [0.25, 0.3) is 0 Å². The second-order valence-electron chi connectivity index (χ2n) is 5.58. The van der Waals surface area contributed by atoms with Crippen molar-refractivity contribution in [2.45, 2.75) is 58.5 Å². The molecule has 0 aromatic heterocycles. The van der Waals surface area contributed by atoms with E-state index in [-0.39, 0.29) is 11.9 Å². The summed E-state index contributed by atoms with van der Waals surface area (Å²) in [6.45, 7) is 6.38. The zero-order valence-electron chi connectivity index (χ0n) is 13.1. The minimum atomic E-state index is -0.654. The summed E-state index contributed by atoms with van der Waals surface area (Å²) in [6.07, 6.45) is 5.77. The molecule has 3 amide bonds. The van der Waals surface area contributed by atoms with Gasteiger partial charge in [0.05, 0.1) is 0 Å². The van der Waals surface area contributed by atoms with E-state index in [2.05, 4.69) is 24.5 Å². The monoisotopic (exact) mass is 303 g/mol. The van der Waals surface area contributed by atoms with Gasteiger partial charge in [0.25, 0.3) is 0 Å². The molecule has 0 radical (unpaired) electrons. The minimum absolute atomic E-state index is 0.118. The SMILES string of the molecule is CSCCC(NC(N)=O)C(=O)NC(C)CCCC(C)C. The number of carbonyl (C=O) groups is 2. The molecule has 0 saturated heterocycles. The van der Waals surface area contributed by atoms with Gasteiger partial charge in [0, 0.05) is 6.04 Å². The Labute approximate surface area is 126 Å². The van der Waals surface area contributed by atoms with Gasteiger partial charge in [-0.1, -0.05) is 26.7 Å². The summed E-state index contributed by atoms with van der Waals surface area (Å²) >= 11 is 1.64. The van der Waals surface area contributed by atoms with Gasteiger partial charge in [-0.2, -0.15) is 11.8 Å². The topological polar surface area (TPSA) is 84.2 Å². The molecule has 0 heterocycles. The lowest BCUT2D eigenvalue weighted by Gasteiger charge is -2.20. The van der Waals surface area contributed by atoms with Gasteiger partial charge in [0.15, 0.2) is 0 Å². The van der Waals surface area contributed by atoms with Crippen LogP contribution in [0.2, 0.25) is 0 Å². The molecule has 0 bridgehead atoms. The third-order valence-corrected chi connectivity index (χ3v) is 3.69. The summed E-state index contributed by atoms with van der Waals surface area (Å²) in [5, 5.41) is 5.46. The predicted molar refractivity (Wildman–Crippen MR) is 85.8 cm³/mol. The van der Waals surface area contributed by atoms with Gasteiger partial charge in [-0.05, 0) is 37.7 Å². The van der Waals surface area contributed by atoms with Crippen molar-refractivity contribution < 1.29 is 9.59 Å². The zero-order valence-corrected chi connectivity index (χ0v) is 13.9. The van der Waals surface area contributed by atoms with E-state index in [1.807, 2.05) is 13.2 Å². The van der Waals surface area contributed by atoms with Crippen LogP contribution in [0.4, 0.5) is 4.79 Å². The first kappa shape index (κ1) is 19.1. The van der Waals surface area contributed by atoms with Crippen LogP contribution in [0, 0.1) is 5.92 Å². The lowest BCUT2D eigenvalue weighted by molar-refractivity contribution is -0.123. The zero-order chi connectivity index (χ0) is 15.5. The van der Waals surface area contributed by atoms with Crippen molar-refractivity contribution in [1.82, 2.24) is 10.6 Å². The summed E-state index contributed by atoms with van der Waals surface area (Å²) in [4.78, 5) is 23.0. The van der Waals surface area contributed by atoms with Crippen LogP contribution >= 0.6 is 11.8 Å². The summed E-state index contributed by atoms with van der Waals surface area (Å²) in [7, 11) is 0. The van der Waals surface area contributed by atoms with Crippen LogP contribution in [0.5, 0.6) is 0 Å². The molecule has 2 unspecified atom stereocenters. The van der Waals surface area contributed by atoms with Crippen molar-refractivity contribution in [2.75, 3.05) is 12.0 Å². The molecule has 20 heavy (non-hydrogen) atoms. The molecule has 0 aromatic rings. The highest BCUT2D eigenvalue weighted by Gasteiger charge is 2.20. The molecule has 6 heteroatoms. The first-order chi connectivity index (χ1) is 9.36. The van der Waals surface area contributed by atoms with E-state index in [0.717, 1.165) is 25.0 Å². The molecule has 0 aliphatic carbocycles. The fourth-order valence-electron chi connectivity index (χ4n) is 1.92. The van der Waals surface area contributed by atoms with E-state index in [0.29, 0.717) is 12.3 Å². The molecule has 0 aliphatic heterocycles. The second-order valence-corrected chi connectivity index (χ2v) is 6.56. The van der Waals surface area contributed by atoms with E-state index < -0.39 is 12.1 Å². The summed E-state index contributed by atoms with van der Waals surface area (Å²) in [6, 6.07) is -1.07. The number of urea groups is 1. The number of rotatable bonds is 10. The Morgan fingerprint density at radius 1 is 1.10 bits per heavy atom. The molecular weight excluding hydrogens is 274 g/mol. The molecule has 5 nitrogen and oxygen atoms in total. The third kappa shape index (κ3) is 9.95. The lowest BCUT2D eigenvalue weighted by atomic mass is 10.0. The molecule has 2 atom stereocenters. The van der Waals surface area contributed by atoms with Crippen molar-refractivity contribution >= 4 is 23.7 Å². The Morgan fingerprint density at radius 3 is 2.25 bits per heavy atom. The number of carbonyl (C=O) groups excluding carboxylic acids is 2. The van der Waals surface area contributed by atoms with E-state index in [1.54, 1.807) is 11.8 Å². The number of primary amides is 1. The molecule has 0 fully saturated rings. The predicted octanol–water partition coefficient (Wildman–Crippen LogP) is 2.11. The highest BCUT2D eigenvalue weighted by atomic mass is 32.2. The van der Waals surface area contributed by atoms with Gasteiger partial charge in [0.2, 0.25) is 5.91 Å². The molecule has 0 rings (SSSR count). The molecule has 118 valence electrons. The second kappa shape index (κ2) is 10.8. The molecular formula is C14H29N3O2S. The normalized spacial score (nSPS) is 13.8. The Bertz CT molecular complexity index is 298. The maximum Gasteiger partial charge on any atom is 0.312 e. The number of amides is 3. The first-order valence-corrected chi connectivity index (χ1v) is 8.61. The van der Waals surface area contributed by atoms with Crippen LogP contribution in [0.15, 0.2) is 0 Å². The molecule has 0 aromatic carbocycles. The average molecular weight is 303 g/mol. The van der Waals surface area contributed by atoms with Crippen molar-refractivity contribution in [3.8, 4) is 0 Å². The molecule has 0 spiro atoms. The van der Waals surface area contributed by atoms with Crippen molar-refractivity contribution in [3.63, 3.8) is 0 Å². The van der Waals surface area contributed by atoms with Crippen LogP contribution in [-0.2, 0) is 4.79 Å². The fourth-order valence-corrected chi connectivity index (χ4v) is 2.40. The molecule has 0 saturated carbocycles. The Balaban J connectivity index is 4.18. The lowest BCUT2D eigenvalue weighted by Crippen LogP contribution is -2.50. The van der Waals surface area contributed by atoms with E-state index >= 15 is 0 Å². The van der Waals surface area contributed by atoms with Crippen molar-refractivity contribution in [1.29, 1.82) is 0 Å². The van der Waals surface area contributed by atoms with Crippen molar-refractivity contribution in [3.05, 3.63) is 0 Å². The number of nitrogens with two attached hydrogens (primary N) is 1. The number of hydrogen-bond donors (Lipinski definition) is 3. The number of thioether (sulfide) groups is 1. The summed E-state index contributed by atoms with van der Waals surface area (Å²) in [5.74, 6) is 1.35. The van der Waals surface area contributed by atoms with Gasteiger partial charge in [-0.25, -0.2) is 4.79 Å². The number of nitrogens with one attached hydrogen (secondary N) is 2. The van der Waals surface area contributed by atoms with Gasteiger partial charge >= 0.3 is 6.03 Å². The van der Waals surface area contributed by atoms with Crippen molar-refractivity contribution in [2.24, 2.45) is 11.7 Å². The third-order valence-electron chi connectivity index (χ3n) is 3.05. The molecule has 0 aliphatic rings. The standard InChI is InChI=1S/C14H29N3O2S/c1-10(2)6-5-7-11(3)16-13(18)12(8-9-20-4)17-14(15)19/h10-12H,5-9H2,1-4H3,(H,16,18)(H3,15,17,19). The Hall–Kier alpha value is -0.910. The van der Waals surface area contributed by atoms with Gasteiger partial charge in [-0.3, -0.25) is 4.79 Å². The average Bonchev–Trinajstić information content (AvgIpc) is 2.33. The van der Waals surface area contributed by atoms with Crippen LogP contribution in [0.3, 0.4) is 0 Å². The van der Waals surface area contributed by atoms with Gasteiger partial charge < -0.3 is 16.4 Å². The van der Waals surface area contributed by atoms with E-state index in [9.17, 15) is 9.59 Å². The number of hydrogen-bond acceptors (Lipinski definition) is 3.